The predicted molar refractivity (Wildman–Crippen MR) is 107 cm³/mol. The number of aromatic nitrogens is 4. The van der Waals surface area contributed by atoms with Gasteiger partial charge in [0.15, 0.2) is 22.8 Å². The molecule has 5 N–H and O–H groups in total. The molecule has 1 fully saturated rings. The number of nitrogens with zero attached hydrogens (tertiary/aromatic N) is 3. The molecular formula is C20H19N5O5. The van der Waals surface area contributed by atoms with Crippen LogP contribution in [-0.4, -0.2) is 54.3 Å². The highest BCUT2D eigenvalue weighted by Gasteiger charge is 2.36. The van der Waals surface area contributed by atoms with Crippen molar-refractivity contribution in [3.8, 4) is 11.8 Å². The van der Waals surface area contributed by atoms with Gasteiger partial charge >= 0.3 is 0 Å². The number of nitrogens with two attached hydrogens (primary N) is 1. The Labute approximate surface area is 170 Å². The zero-order chi connectivity index (χ0) is 21.4. The molecule has 1 saturated heterocycles. The molecule has 30 heavy (non-hydrogen) atoms. The van der Waals surface area contributed by atoms with Crippen LogP contribution in [0, 0.1) is 11.8 Å². The lowest BCUT2D eigenvalue weighted by atomic mass is 10.1. The largest absolute Gasteiger partial charge is 0.394 e. The van der Waals surface area contributed by atoms with Crippen LogP contribution >= 0.6 is 0 Å². The standard InChI is InChI=1S/C20H19N5O5/c1-10(27)12-5-2-11(3-6-12)4-7-15-22-17-18(23-20(21)24-19(17)29)25(15)16-8-13(28)14(9-26)30-16/h2-3,5-6,13-14,16,26,28H,8-9H2,1H3,(H3,21,23,24,29)/t13-,14+,16+/m0/s1. The Morgan fingerprint density at radius 3 is 2.70 bits per heavy atom. The number of H-pyrrole nitrogens is 1. The number of imidazole rings is 1. The number of aliphatic hydroxyl groups excluding tert-OH is 2. The highest BCUT2D eigenvalue weighted by Crippen LogP contribution is 2.31. The van der Waals surface area contributed by atoms with Gasteiger partial charge in [0.25, 0.3) is 5.56 Å². The van der Waals surface area contributed by atoms with Gasteiger partial charge in [0.2, 0.25) is 5.95 Å². The summed E-state index contributed by atoms with van der Waals surface area (Å²) in [6, 6.07) is 6.75. The first kappa shape index (κ1) is 19.8. The number of nitrogen functional groups attached to an aromatic ring is 1. The number of hydrogen-bond acceptors (Lipinski definition) is 8. The molecular weight excluding hydrogens is 390 g/mol. The summed E-state index contributed by atoms with van der Waals surface area (Å²) in [6.45, 7) is 1.12. The van der Waals surface area contributed by atoms with E-state index in [1.165, 1.54) is 11.5 Å². The van der Waals surface area contributed by atoms with E-state index in [-0.39, 0.29) is 41.7 Å². The van der Waals surface area contributed by atoms with Gasteiger partial charge in [-0.15, -0.1) is 0 Å². The van der Waals surface area contributed by atoms with Crippen LogP contribution in [0.5, 0.6) is 0 Å². The number of nitrogens with one attached hydrogen (secondary N) is 1. The number of rotatable bonds is 3. The molecule has 3 aromatic rings. The van der Waals surface area contributed by atoms with E-state index in [9.17, 15) is 19.8 Å². The summed E-state index contributed by atoms with van der Waals surface area (Å²) < 4.78 is 7.21. The fraction of sp³-hybridized carbons (Fsp3) is 0.300. The number of benzene rings is 1. The molecule has 1 aromatic carbocycles. The Bertz CT molecular complexity index is 1230. The minimum atomic E-state index is -0.892. The van der Waals surface area contributed by atoms with E-state index < -0.39 is 24.0 Å². The second-order valence-electron chi connectivity index (χ2n) is 6.93. The number of aliphatic hydroxyl groups is 2. The summed E-state index contributed by atoms with van der Waals surface area (Å²) >= 11 is 0. The molecule has 0 spiro atoms. The fourth-order valence-corrected chi connectivity index (χ4v) is 3.32. The summed E-state index contributed by atoms with van der Waals surface area (Å²) in [6.07, 6.45) is -2.24. The molecule has 0 saturated carbocycles. The predicted octanol–water partition coefficient (Wildman–Crippen LogP) is -0.0551. The van der Waals surface area contributed by atoms with Gasteiger partial charge in [-0.1, -0.05) is 18.1 Å². The summed E-state index contributed by atoms with van der Waals surface area (Å²) in [4.78, 5) is 34.5. The first-order chi connectivity index (χ1) is 14.4. The molecule has 3 atom stereocenters. The SMILES string of the molecule is CC(=O)c1ccc(C#Cc2nc3c(=O)[nH]c(N)nc3n2[C@H]2C[C@H](O)[C@@H](CO)O2)cc1. The smallest absolute Gasteiger partial charge is 0.280 e. The van der Waals surface area contributed by atoms with E-state index in [1.807, 2.05) is 0 Å². The quantitative estimate of drug-likeness (QED) is 0.346. The Morgan fingerprint density at radius 1 is 1.33 bits per heavy atom. The molecule has 4 rings (SSSR count). The van der Waals surface area contributed by atoms with E-state index in [4.69, 9.17) is 10.5 Å². The van der Waals surface area contributed by atoms with Crippen LogP contribution in [0.4, 0.5) is 5.95 Å². The molecule has 0 amide bonds. The average Bonchev–Trinajstić information content (AvgIpc) is 3.26. The number of Topliss-reactive ketones (excluding diaryl/α,β-unsaturated/α-hetero) is 1. The second kappa shape index (κ2) is 7.72. The Morgan fingerprint density at radius 2 is 2.07 bits per heavy atom. The molecule has 0 unspecified atom stereocenters. The monoisotopic (exact) mass is 409 g/mol. The van der Waals surface area contributed by atoms with E-state index in [1.54, 1.807) is 24.3 Å². The van der Waals surface area contributed by atoms with Crippen molar-refractivity contribution in [1.82, 2.24) is 19.5 Å². The maximum Gasteiger partial charge on any atom is 0.280 e. The first-order valence-corrected chi connectivity index (χ1v) is 9.22. The number of anilines is 1. The highest BCUT2D eigenvalue weighted by atomic mass is 16.5. The summed E-state index contributed by atoms with van der Waals surface area (Å²) in [7, 11) is 0. The van der Waals surface area contributed by atoms with Gasteiger partial charge in [-0.3, -0.25) is 19.1 Å². The Kier molecular flexibility index (Phi) is 5.09. The number of carbonyl (C=O) groups is 1. The van der Waals surface area contributed by atoms with Crippen molar-refractivity contribution in [3.63, 3.8) is 0 Å². The third-order valence-corrected chi connectivity index (χ3v) is 4.85. The molecule has 3 heterocycles. The maximum atomic E-state index is 12.3. The maximum absolute atomic E-state index is 12.3. The number of ketones is 1. The van der Waals surface area contributed by atoms with Crippen molar-refractivity contribution < 1.29 is 19.7 Å². The van der Waals surface area contributed by atoms with E-state index in [2.05, 4.69) is 26.8 Å². The van der Waals surface area contributed by atoms with Crippen LogP contribution < -0.4 is 11.3 Å². The zero-order valence-corrected chi connectivity index (χ0v) is 16.0. The Hall–Kier alpha value is -3.52. The van der Waals surface area contributed by atoms with Gasteiger partial charge in [0.1, 0.15) is 12.3 Å². The molecule has 10 heteroatoms. The number of ether oxygens (including phenoxy) is 1. The summed E-state index contributed by atoms with van der Waals surface area (Å²) in [5.74, 6) is 5.89. The van der Waals surface area contributed by atoms with Crippen molar-refractivity contribution in [2.45, 2.75) is 31.8 Å². The fourth-order valence-electron chi connectivity index (χ4n) is 3.32. The van der Waals surface area contributed by atoms with Crippen molar-refractivity contribution in [2.75, 3.05) is 12.3 Å². The van der Waals surface area contributed by atoms with Crippen LogP contribution in [0.3, 0.4) is 0 Å². The number of aromatic amines is 1. The van der Waals surface area contributed by atoms with Crippen LogP contribution in [0.1, 0.15) is 41.3 Å². The van der Waals surface area contributed by atoms with E-state index >= 15 is 0 Å². The number of carbonyl (C=O) groups excluding carboxylic acids is 1. The molecule has 1 aliphatic heterocycles. The van der Waals surface area contributed by atoms with Crippen LogP contribution in [0.2, 0.25) is 0 Å². The third-order valence-electron chi connectivity index (χ3n) is 4.85. The van der Waals surface area contributed by atoms with E-state index in [0.29, 0.717) is 11.1 Å². The molecule has 10 nitrogen and oxygen atoms in total. The van der Waals surface area contributed by atoms with Gasteiger partial charge in [-0.05, 0) is 25.0 Å². The normalized spacial score (nSPS) is 20.8. The number of hydrogen-bond donors (Lipinski definition) is 4. The van der Waals surface area contributed by atoms with Crippen LogP contribution in [0.25, 0.3) is 11.2 Å². The first-order valence-electron chi connectivity index (χ1n) is 9.22. The molecule has 2 aromatic heterocycles. The Balaban J connectivity index is 1.81. The third kappa shape index (κ3) is 3.57. The zero-order valence-electron chi connectivity index (χ0n) is 16.0. The van der Waals surface area contributed by atoms with Gasteiger partial charge in [-0.2, -0.15) is 4.98 Å². The lowest BCUT2D eigenvalue weighted by Crippen LogP contribution is -2.24. The number of fused-ring (bicyclic) bond motifs is 1. The van der Waals surface area contributed by atoms with Crippen molar-refractivity contribution in [3.05, 3.63) is 51.6 Å². The minimum Gasteiger partial charge on any atom is -0.394 e. The topological polar surface area (TPSA) is 156 Å². The average molecular weight is 409 g/mol. The lowest BCUT2D eigenvalue weighted by molar-refractivity contribution is -0.0434. The highest BCUT2D eigenvalue weighted by molar-refractivity contribution is 5.94. The molecule has 0 aliphatic carbocycles. The van der Waals surface area contributed by atoms with Crippen molar-refractivity contribution >= 4 is 22.9 Å². The minimum absolute atomic E-state index is 0.0333. The van der Waals surface area contributed by atoms with E-state index in [0.717, 1.165) is 0 Å². The second-order valence-corrected chi connectivity index (χ2v) is 6.93. The lowest BCUT2D eigenvalue weighted by Gasteiger charge is -2.14. The molecule has 0 radical (unpaired) electrons. The van der Waals surface area contributed by atoms with Gasteiger partial charge < -0.3 is 20.7 Å². The molecule has 0 bridgehead atoms. The van der Waals surface area contributed by atoms with Crippen LogP contribution in [-0.2, 0) is 4.74 Å². The van der Waals surface area contributed by atoms with Crippen molar-refractivity contribution in [2.24, 2.45) is 0 Å². The van der Waals surface area contributed by atoms with Gasteiger partial charge in [-0.25, -0.2) is 4.98 Å². The molecule has 154 valence electrons. The summed E-state index contributed by atoms with van der Waals surface area (Å²) in [5.41, 5.74) is 6.57. The van der Waals surface area contributed by atoms with Crippen molar-refractivity contribution in [1.29, 1.82) is 0 Å². The van der Waals surface area contributed by atoms with Gasteiger partial charge in [0, 0.05) is 17.5 Å². The van der Waals surface area contributed by atoms with Gasteiger partial charge in [0.05, 0.1) is 12.7 Å². The van der Waals surface area contributed by atoms with Crippen LogP contribution in [0.15, 0.2) is 29.1 Å². The molecule has 1 aliphatic rings. The summed E-state index contributed by atoms with van der Waals surface area (Å²) in [5, 5.41) is 19.5.